The van der Waals surface area contributed by atoms with Gasteiger partial charge in [0.05, 0.1) is 18.5 Å². The van der Waals surface area contributed by atoms with E-state index >= 15 is 0 Å². The number of alkyl halides is 1. The fourth-order valence-electron chi connectivity index (χ4n) is 2.89. The van der Waals surface area contributed by atoms with Crippen LogP contribution in [0, 0.1) is 0 Å². The van der Waals surface area contributed by atoms with Crippen molar-refractivity contribution in [2.75, 3.05) is 5.33 Å². The lowest BCUT2D eigenvalue weighted by Crippen LogP contribution is -2.35. The Hall–Kier alpha value is -1.41. The molecular formula is C22H24Br2O5. The van der Waals surface area contributed by atoms with Crippen molar-refractivity contribution in [3.05, 3.63) is 57.6 Å². The van der Waals surface area contributed by atoms with Crippen molar-refractivity contribution in [2.45, 2.75) is 52.5 Å². The first kappa shape index (κ1) is 22.3. The van der Waals surface area contributed by atoms with Crippen LogP contribution in [-0.2, 0) is 22.7 Å². The van der Waals surface area contributed by atoms with Crippen LogP contribution in [0.2, 0.25) is 0 Å². The number of Topliss-reactive ketones (excluding diaryl/α,β-unsaturated/α-hetero) is 1. The Bertz CT molecular complexity index is 908. The number of halogens is 2. The number of hydrogen-bond acceptors (Lipinski definition) is 5. The molecule has 2 aromatic carbocycles. The van der Waals surface area contributed by atoms with Crippen LogP contribution in [0.4, 0.5) is 0 Å². The monoisotopic (exact) mass is 526 g/mol. The van der Waals surface area contributed by atoms with E-state index < -0.39 is 11.6 Å². The normalized spacial score (nSPS) is 18.1. The highest BCUT2D eigenvalue weighted by Crippen LogP contribution is 2.33. The zero-order valence-electron chi connectivity index (χ0n) is 16.9. The van der Waals surface area contributed by atoms with Gasteiger partial charge in [0.1, 0.15) is 11.5 Å². The van der Waals surface area contributed by atoms with E-state index in [2.05, 4.69) is 31.9 Å². The molecule has 0 bridgehead atoms. The molecule has 0 spiro atoms. The van der Waals surface area contributed by atoms with E-state index in [0.29, 0.717) is 24.1 Å². The second-order valence-corrected chi connectivity index (χ2v) is 9.19. The van der Waals surface area contributed by atoms with E-state index in [0.717, 1.165) is 27.1 Å². The minimum atomic E-state index is -0.589. The molecule has 0 fully saturated rings. The first-order chi connectivity index (χ1) is 13.6. The standard InChI is InChI=1S/C12H13BrO3.C10H11BrO2/c1-12(2)15-7-9-5-8(10(14)6-13)3-4-11(9)16-12;1-10(2)12-6-7-5-8(11)3-4-9(7)13-10/h3-5H,6-7H2,1-2H3;3-5H,6H2,1-2H3. The summed E-state index contributed by atoms with van der Waals surface area (Å²) >= 11 is 6.56. The van der Waals surface area contributed by atoms with Gasteiger partial charge in [-0.1, -0.05) is 31.9 Å². The van der Waals surface area contributed by atoms with Crippen molar-refractivity contribution in [3.8, 4) is 11.5 Å². The van der Waals surface area contributed by atoms with Gasteiger partial charge >= 0.3 is 0 Å². The van der Waals surface area contributed by atoms with Crippen LogP contribution in [0.15, 0.2) is 40.9 Å². The highest BCUT2D eigenvalue weighted by molar-refractivity contribution is 9.10. The maximum atomic E-state index is 11.5. The molecule has 0 amide bonds. The maximum Gasteiger partial charge on any atom is 0.205 e. The van der Waals surface area contributed by atoms with Gasteiger partial charge in [0.2, 0.25) is 11.6 Å². The summed E-state index contributed by atoms with van der Waals surface area (Å²) in [7, 11) is 0. The molecule has 5 nitrogen and oxygen atoms in total. The van der Waals surface area contributed by atoms with Gasteiger partial charge in [-0.25, -0.2) is 0 Å². The van der Waals surface area contributed by atoms with Gasteiger partial charge in [0.15, 0.2) is 5.78 Å². The molecule has 156 valence electrons. The Morgan fingerprint density at radius 1 is 0.897 bits per heavy atom. The van der Waals surface area contributed by atoms with E-state index in [1.165, 1.54) is 0 Å². The number of ketones is 1. The Balaban J connectivity index is 0.000000169. The third kappa shape index (κ3) is 5.81. The van der Waals surface area contributed by atoms with E-state index in [9.17, 15) is 4.79 Å². The van der Waals surface area contributed by atoms with Crippen molar-refractivity contribution in [2.24, 2.45) is 0 Å². The predicted octanol–water partition coefficient (Wildman–Crippen LogP) is 6.00. The van der Waals surface area contributed by atoms with Gasteiger partial charge in [0, 0.05) is 48.9 Å². The van der Waals surface area contributed by atoms with Crippen molar-refractivity contribution >= 4 is 37.6 Å². The summed E-state index contributed by atoms with van der Waals surface area (Å²) in [5.74, 6) is 0.684. The molecule has 0 radical (unpaired) electrons. The molecule has 2 aromatic rings. The summed E-state index contributed by atoms with van der Waals surface area (Å²) in [4.78, 5) is 11.5. The molecular weight excluding hydrogens is 504 g/mol. The molecule has 29 heavy (non-hydrogen) atoms. The van der Waals surface area contributed by atoms with Crippen LogP contribution in [0.5, 0.6) is 11.5 Å². The van der Waals surface area contributed by atoms with Crippen LogP contribution in [0.1, 0.15) is 49.2 Å². The highest BCUT2D eigenvalue weighted by atomic mass is 79.9. The molecule has 7 heteroatoms. The van der Waals surface area contributed by atoms with Crippen molar-refractivity contribution in [1.29, 1.82) is 0 Å². The minimum absolute atomic E-state index is 0.0626. The fraction of sp³-hybridized carbons (Fsp3) is 0.409. The van der Waals surface area contributed by atoms with Crippen LogP contribution >= 0.6 is 31.9 Å². The quantitative estimate of drug-likeness (QED) is 0.354. The predicted molar refractivity (Wildman–Crippen MR) is 118 cm³/mol. The lowest BCUT2D eigenvalue weighted by Gasteiger charge is -2.32. The summed E-state index contributed by atoms with van der Waals surface area (Å²) in [6.45, 7) is 8.66. The molecule has 2 aliphatic rings. The minimum Gasteiger partial charge on any atom is -0.463 e. The van der Waals surface area contributed by atoms with Crippen LogP contribution in [-0.4, -0.2) is 22.7 Å². The van der Waals surface area contributed by atoms with Gasteiger partial charge in [-0.15, -0.1) is 0 Å². The number of carbonyl (C=O) groups is 1. The smallest absolute Gasteiger partial charge is 0.205 e. The van der Waals surface area contributed by atoms with E-state index in [-0.39, 0.29) is 5.78 Å². The van der Waals surface area contributed by atoms with Gasteiger partial charge in [-0.05, 0) is 36.4 Å². The second kappa shape index (κ2) is 8.76. The summed E-state index contributed by atoms with van der Waals surface area (Å²) < 4.78 is 23.3. The first-order valence-electron chi connectivity index (χ1n) is 9.25. The summed E-state index contributed by atoms with van der Waals surface area (Å²) in [5.41, 5.74) is 2.70. The topological polar surface area (TPSA) is 54.0 Å². The molecule has 0 unspecified atom stereocenters. The molecule has 0 aromatic heterocycles. The van der Waals surface area contributed by atoms with Gasteiger partial charge in [-0.3, -0.25) is 4.79 Å². The largest absolute Gasteiger partial charge is 0.463 e. The Labute approximate surface area is 187 Å². The second-order valence-electron chi connectivity index (χ2n) is 7.71. The molecule has 0 N–H and O–H groups in total. The van der Waals surface area contributed by atoms with Gasteiger partial charge in [-0.2, -0.15) is 0 Å². The van der Waals surface area contributed by atoms with Crippen LogP contribution in [0.25, 0.3) is 0 Å². The van der Waals surface area contributed by atoms with Crippen molar-refractivity contribution in [3.63, 3.8) is 0 Å². The number of benzene rings is 2. The van der Waals surface area contributed by atoms with E-state index in [1.54, 1.807) is 6.07 Å². The average Bonchev–Trinajstić information content (AvgIpc) is 2.66. The number of ether oxygens (including phenoxy) is 4. The molecule has 0 saturated heterocycles. The Morgan fingerprint density at radius 2 is 1.41 bits per heavy atom. The summed E-state index contributed by atoms with van der Waals surface area (Å²) in [6, 6.07) is 11.4. The Kier molecular flexibility index (Phi) is 6.73. The Morgan fingerprint density at radius 3 is 1.97 bits per heavy atom. The zero-order chi connectivity index (χ0) is 21.2. The molecule has 4 rings (SSSR count). The highest BCUT2D eigenvalue weighted by Gasteiger charge is 2.28. The van der Waals surface area contributed by atoms with Crippen LogP contribution < -0.4 is 9.47 Å². The van der Waals surface area contributed by atoms with Crippen molar-refractivity contribution in [1.82, 2.24) is 0 Å². The fourth-order valence-corrected chi connectivity index (χ4v) is 3.63. The molecule has 2 heterocycles. The van der Waals surface area contributed by atoms with Gasteiger partial charge < -0.3 is 18.9 Å². The molecule has 0 atom stereocenters. The number of carbonyl (C=O) groups excluding carboxylic acids is 1. The van der Waals surface area contributed by atoms with E-state index in [1.807, 2.05) is 58.0 Å². The average molecular weight is 528 g/mol. The lowest BCUT2D eigenvalue weighted by molar-refractivity contribution is -0.180. The molecule has 0 saturated carbocycles. The number of rotatable bonds is 2. The maximum absolute atomic E-state index is 11.5. The molecule has 2 aliphatic heterocycles. The van der Waals surface area contributed by atoms with Crippen molar-refractivity contribution < 1.29 is 23.7 Å². The molecule has 0 aliphatic carbocycles. The summed E-state index contributed by atoms with van der Waals surface area (Å²) in [6.07, 6.45) is 0. The number of hydrogen-bond donors (Lipinski definition) is 0. The van der Waals surface area contributed by atoms with Crippen LogP contribution in [0.3, 0.4) is 0 Å². The lowest BCUT2D eigenvalue weighted by atomic mass is 10.1. The third-order valence-corrected chi connectivity index (χ3v) is 5.39. The SMILES string of the molecule is CC1(C)OCc2cc(Br)ccc2O1.CC1(C)OCc2cc(C(=O)CBr)ccc2O1. The summed E-state index contributed by atoms with van der Waals surface area (Å²) in [5, 5.41) is 0.332. The van der Waals surface area contributed by atoms with E-state index in [4.69, 9.17) is 18.9 Å². The third-order valence-electron chi connectivity index (χ3n) is 4.39. The zero-order valence-corrected chi connectivity index (χ0v) is 20.1. The van der Waals surface area contributed by atoms with Gasteiger partial charge in [0.25, 0.3) is 0 Å². The number of fused-ring (bicyclic) bond motifs is 2. The first-order valence-corrected chi connectivity index (χ1v) is 11.2.